The highest BCUT2D eigenvalue weighted by Crippen LogP contribution is 2.25. The molecule has 0 spiro atoms. The Kier molecular flexibility index (Phi) is 3.39. The molecule has 2 aromatic rings. The van der Waals surface area contributed by atoms with Gasteiger partial charge in [0.05, 0.1) is 6.10 Å². The molecule has 1 atom stereocenters. The van der Waals surface area contributed by atoms with Crippen LogP contribution in [-0.2, 0) is 6.42 Å². The number of nitrogens with zero attached hydrogens (tertiary/aromatic N) is 3. The van der Waals surface area contributed by atoms with Crippen LogP contribution in [0.25, 0.3) is 4.96 Å². The molecular weight excluding hydrogens is 242 g/mol. The zero-order valence-electron chi connectivity index (χ0n) is 9.37. The summed E-state index contributed by atoms with van der Waals surface area (Å²) in [5.74, 6) is -0.0311. The number of aromatic nitrogens is 2. The molecule has 92 valence electrons. The van der Waals surface area contributed by atoms with E-state index in [0.717, 1.165) is 6.42 Å². The minimum Gasteiger partial charge on any atom is -0.393 e. The van der Waals surface area contributed by atoms with Crippen molar-refractivity contribution in [2.24, 2.45) is 0 Å². The molecule has 2 rings (SSSR count). The van der Waals surface area contributed by atoms with Gasteiger partial charge in [0.15, 0.2) is 0 Å². The van der Waals surface area contributed by atoms with Crippen molar-refractivity contribution in [3.63, 3.8) is 0 Å². The number of hydrogen-bond acceptors (Lipinski definition) is 5. The Balaban J connectivity index is 2.35. The van der Waals surface area contributed by atoms with Crippen molar-refractivity contribution in [2.45, 2.75) is 32.3 Å². The molecule has 0 aliphatic carbocycles. The van der Waals surface area contributed by atoms with E-state index >= 15 is 0 Å². The van der Waals surface area contributed by atoms with Gasteiger partial charge >= 0.3 is 5.82 Å². The van der Waals surface area contributed by atoms with Crippen LogP contribution in [0.3, 0.4) is 0 Å². The van der Waals surface area contributed by atoms with Crippen molar-refractivity contribution in [3.8, 4) is 0 Å². The van der Waals surface area contributed by atoms with Crippen molar-refractivity contribution in [1.82, 2.24) is 9.38 Å². The van der Waals surface area contributed by atoms with Gasteiger partial charge < -0.3 is 15.2 Å². The Morgan fingerprint density at radius 3 is 3.12 bits per heavy atom. The highest BCUT2D eigenvalue weighted by molar-refractivity contribution is 7.15. The lowest BCUT2D eigenvalue weighted by molar-refractivity contribution is -0.391. The maximum absolute atomic E-state index is 11.0. The zero-order valence-corrected chi connectivity index (χ0v) is 10.2. The van der Waals surface area contributed by atoms with E-state index in [-0.39, 0.29) is 12.2 Å². The first kappa shape index (κ1) is 12.0. The van der Waals surface area contributed by atoms with Crippen LogP contribution in [0.15, 0.2) is 11.6 Å². The minimum absolute atomic E-state index is 0.0311. The highest BCUT2D eigenvalue weighted by atomic mass is 32.1. The van der Waals surface area contributed by atoms with Gasteiger partial charge in [-0.15, -0.1) is 0 Å². The molecule has 0 amide bonds. The molecule has 17 heavy (non-hydrogen) atoms. The first-order chi connectivity index (χ1) is 8.13. The standard InChI is InChI=1S/C10H13N3O3S/c1-2-3-7(14)6-8-9(13(15)16)12-4-5-17-10(12)11-8/h4-5,7,14H,2-3,6H2,1H3. The van der Waals surface area contributed by atoms with Crippen molar-refractivity contribution >= 4 is 22.1 Å². The summed E-state index contributed by atoms with van der Waals surface area (Å²) in [7, 11) is 0. The maximum Gasteiger partial charge on any atom is 0.351 e. The Morgan fingerprint density at radius 2 is 2.47 bits per heavy atom. The molecule has 0 saturated carbocycles. The number of nitro groups is 1. The van der Waals surface area contributed by atoms with E-state index in [1.165, 1.54) is 15.7 Å². The van der Waals surface area contributed by atoms with E-state index in [4.69, 9.17) is 0 Å². The van der Waals surface area contributed by atoms with E-state index in [1.807, 2.05) is 6.92 Å². The fourth-order valence-electron chi connectivity index (χ4n) is 1.81. The van der Waals surface area contributed by atoms with E-state index in [0.29, 0.717) is 17.1 Å². The molecule has 0 bridgehead atoms. The van der Waals surface area contributed by atoms with Crippen LogP contribution in [0.2, 0.25) is 0 Å². The van der Waals surface area contributed by atoms with Crippen molar-refractivity contribution in [2.75, 3.05) is 0 Å². The largest absolute Gasteiger partial charge is 0.393 e. The molecule has 0 saturated heterocycles. The van der Waals surface area contributed by atoms with Gasteiger partial charge in [-0.05, 0) is 11.3 Å². The van der Waals surface area contributed by atoms with Crippen LogP contribution in [-0.4, -0.2) is 25.5 Å². The fourth-order valence-corrected chi connectivity index (χ4v) is 2.54. The van der Waals surface area contributed by atoms with Gasteiger partial charge in [0.1, 0.15) is 11.9 Å². The molecule has 0 aromatic carbocycles. The first-order valence-corrected chi connectivity index (χ1v) is 6.28. The second kappa shape index (κ2) is 4.80. The number of thiazole rings is 1. The number of aliphatic hydroxyl groups is 1. The summed E-state index contributed by atoms with van der Waals surface area (Å²) in [6.07, 6.45) is 2.77. The number of rotatable bonds is 5. The lowest BCUT2D eigenvalue weighted by Gasteiger charge is -2.06. The summed E-state index contributed by atoms with van der Waals surface area (Å²) in [5, 5.41) is 22.5. The van der Waals surface area contributed by atoms with Gasteiger partial charge in [0.25, 0.3) is 4.96 Å². The lowest BCUT2D eigenvalue weighted by Crippen LogP contribution is -2.11. The van der Waals surface area contributed by atoms with Crippen LogP contribution in [0.4, 0.5) is 5.82 Å². The molecule has 1 unspecified atom stereocenters. The van der Waals surface area contributed by atoms with Crippen LogP contribution in [0.5, 0.6) is 0 Å². The summed E-state index contributed by atoms with van der Waals surface area (Å²) in [5.41, 5.74) is 0.364. The van der Waals surface area contributed by atoms with E-state index < -0.39 is 11.0 Å². The molecular formula is C10H13N3O3S. The molecule has 2 heterocycles. The monoisotopic (exact) mass is 255 g/mol. The molecule has 0 aliphatic rings. The highest BCUT2D eigenvalue weighted by Gasteiger charge is 2.24. The summed E-state index contributed by atoms with van der Waals surface area (Å²) in [6, 6.07) is 0. The third-order valence-electron chi connectivity index (χ3n) is 2.53. The van der Waals surface area contributed by atoms with Crippen LogP contribution >= 0.6 is 11.3 Å². The van der Waals surface area contributed by atoms with Gasteiger partial charge in [0.2, 0.25) is 0 Å². The molecule has 2 aromatic heterocycles. The summed E-state index contributed by atoms with van der Waals surface area (Å²) < 4.78 is 1.46. The summed E-state index contributed by atoms with van der Waals surface area (Å²) in [6.45, 7) is 1.96. The predicted molar refractivity (Wildman–Crippen MR) is 64.3 cm³/mol. The number of imidazole rings is 1. The van der Waals surface area contributed by atoms with E-state index in [9.17, 15) is 15.2 Å². The van der Waals surface area contributed by atoms with Crippen molar-refractivity contribution in [1.29, 1.82) is 0 Å². The quantitative estimate of drug-likeness (QED) is 0.654. The Bertz CT molecular complexity index is 534. The predicted octanol–water partition coefficient (Wildman–Crippen LogP) is 2.01. The van der Waals surface area contributed by atoms with Crippen LogP contribution in [0.1, 0.15) is 25.5 Å². The molecule has 7 heteroatoms. The number of fused-ring (bicyclic) bond motifs is 1. The summed E-state index contributed by atoms with van der Waals surface area (Å²) >= 11 is 1.35. The van der Waals surface area contributed by atoms with Gasteiger partial charge in [0, 0.05) is 11.8 Å². The SMILES string of the molecule is CCCC(O)Cc1nc2sccn2c1[N+](=O)[O-]. The minimum atomic E-state index is -0.566. The first-order valence-electron chi connectivity index (χ1n) is 5.40. The lowest BCUT2D eigenvalue weighted by atomic mass is 10.1. The number of hydrogen-bond donors (Lipinski definition) is 1. The molecule has 0 aliphatic heterocycles. The Morgan fingerprint density at radius 1 is 1.71 bits per heavy atom. The second-order valence-electron chi connectivity index (χ2n) is 3.84. The van der Waals surface area contributed by atoms with Crippen molar-refractivity contribution < 1.29 is 10.0 Å². The Hall–Kier alpha value is -1.47. The van der Waals surface area contributed by atoms with Gasteiger partial charge in [-0.1, -0.05) is 24.7 Å². The smallest absolute Gasteiger partial charge is 0.351 e. The summed E-state index contributed by atoms with van der Waals surface area (Å²) in [4.78, 5) is 15.3. The molecule has 6 nitrogen and oxygen atoms in total. The molecule has 0 radical (unpaired) electrons. The average molecular weight is 255 g/mol. The molecule has 0 fully saturated rings. The van der Waals surface area contributed by atoms with Crippen molar-refractivity contribution in [3.05, 3.63) is 27.4 Å². The second-order valence-corrected chi connectivity index (χ2v) is 4.71. The van der Waals surface area contributed by atoms with E-state index in [1.54, 1.807) is 11.6 Å². The molecule has 1 N–H and O–H groups in total. The number of aliphatic hydroxyl groups excluding tert-OH is 1. The van der Waals surface area contributed by atoms with Gasteiger partial charge in [-0.25, -0.2) is 0 Å². The van der Waals surface area contributed by atoms with Gasteiger partial charge in [-0.2, -0.15) is 9.38 Å². The van der Waals surface area contributed by atoms with Crippen LogP contribution in [0, 0.1) is 10.1 Å². The van der Waals surface area contributed by atoms with E-state index in [2.05, 4.69) is 4.98 Å². The fraction of sp³-hybridized carbons (Fsp3) is 0.500. The third-order valence-corrected chi connectivity index (χ3v) is 3.29. The Labute approximate surface area is 102 Å². The third kappa shape index (κ3) is 2.29. The normalized spacial score (nSPS) is 13.1. The topological polar surface area (TPSA) is 80.7 Å². The maximum atomic E-state index is 11.0. The average Bonchev–Trinajstić information content (AvgIpc) is 2.76. The van der Waals surface area contributed by atoms with Gasteiger partial charge in [-0.3, -0.25) is 0 Å². The zero-order chi connectivity index (χ0) is 12.4. The van der Waals surface area contributed by atoms with Crippen LogP contribution < -0.4 is 0 Å².